The van der Waals surface area contributed by atoms with Crippen molar-refractivity contribution < 1.29 is 9.90 Å². The number of nitrogens with two attached hydrogens (primary N) is 1. The first-order valence-corrected chi connectivity index (χ1v) is 7.65. The summed E-state index contributed by atoms with van der Waals surface area (Å²) in [6.45, 7) is 4.66. The van der Waals surface area contributed by atoms with Crippen molar-refractivity contribution in [2.75, 3.05) is 12.3 Å². The largest absolute Gasteiger partial charge is 0.397 e. The number of para-hydroxylation sites is 1. The lowest BCUT2D eigenvalue weighted by molar-refractivity contribution is -0.0233. The van der Waals surface area contributed by atoms with Gasteiger partial charge in [0.1, 0.15) is 0 Å². The van der Waals surface area contributed by atoms with Crippen LogP contribution in [0.5, 0.6) is 0 Å². The molecule has 116 valence electrons. The maximum absolute atomic E-state index is 12.2. The smallest absolute Gasteiger partial charge is 0.253 e. The third-order valence-electron chi connectivity index (χ3n) is 4.41. The van der Waals surface area contributed by atoms with Gasteiger partial charge in [-0.15, -0.1) is 0 Å². The van der Waals surface area contributed by atoms with Crippen molar-refractivity contribution in [2.24, 2.45) is 5.41 Å². The average molecular weight is 311 g/mol. The monoisotopic (exact) mass is 310 g/mol. The number of amides is 1. The number of rotatable bonds is 3. The van der Waals surface area contributed by atoms with Crippen molar-refractivity contribution in [3.63, 3.8) is 0 Å². The predicted molar refractivity (Wildman–Crippen MR) is 85.4 cm³/mol. The molecule has 0 radical (unpaired) electrons. The molecule has 4 nitrogen and oxygen atoms in total. The minimum Gasteiger partial charge on any atom is -0.397 e. The summed E-state index contributed by atoms with van der Waals surface area (Å²) >= 11 is 5.91. The van der Waals surface area contributed by atoms with E-state index >= 15 is 0 Å². The van der Waals surface area contributed by atoms with Gasteiger partial charge in [-0.05, 0) is 43.2 Å². The molecule has 0 bridgehead atoms. The van der Waals surface area contributed by atoms with Gasteiger partial charge in [0.25, 0.3) is 5.91 Å². The quantitative estimate of drug-likeness (QED) is 0.751. The Bertz CT molecular complexity index is 533. The van der Waals surface area contributed by atoms with E-state index in [0.717, 1.165) is 12.8 Å². The Morgan fingerprint density at radius 3 is 2.57 bits per heavy atom. The summed E-state index contributed by atoms with van der Waals surface area (Å²) in [6, 6.07) is 4.96. The Morgan fingerprint density at radius 1 is 1.33 bits per heavy atom. The van der Waals surface area contributed by atoms with Gasteiger partial charge in [-0.3, -0.25) is 4.79 Å². The molecule has 1 fully saturated rings. The number of hydrogen-bond donors (Lipinski definition) is 3. The molecule has 0 heterocycles. The average Bonchev–Trinajstić information content (AvgIpc) is 2.43. The summed E-state index contributed by atoms with van der Waals surface area (Å²) in [7, 11) is 0. The molecule has 1 saturated carbocycles. The molecule has 1 aromatic carbocycles. The highest BCUT2D eigenvalue weighted by atomic mass is 35.5. The van der Waals surface area contributed by atoms with Crippen molar-refractivity contribution >= 4 is 23.2 Å². The predicted octanol–water partition coefficient (Wildman–Crippen LogP) is 2.98. The van der Waals surface area contributed by atoms with E-state index < -0.39 is 5.60 Å². The van der Waals surface area contributed by atoms with E-state index in [1.807, 2.05) is 0 Å². The number of anilines is 1. The lowest BCUT2D eigenvalue weighted by Crippen LogP contribution is -2.46. The molecule has 0 saturated heterocycles. The van der Waals surface area contributed by atoms with Crippen LogP contribution in [0.3, 0.4) is 0 Å². The Labute approximate surface area is 130 Å². The van der Waals surface area contributed by atoms with Crippen LogP contribution in [-0.4, -0.2) is 23.2 Å². The molecule has 1 aromatic rings. The van der Waals surface area contributed by atoms with Gasteiger partial charge in [0.2, 0.25) is 0 Å². The topological polar surface area (TPSA) is 75.3 Å². The number of aliphatic hydroxyl groups is 1. The van der Waals surface area contributed by atoms with E-state index in [9.17, 15) is 9.90 Å². The number of carbonyl (C=O) groups is 1. The molecule has 0 aliphatic heterocycles. The molecule has 0 atom stereocenters. The zero-order chi connectivity index (χ0) is 15.7. The second kappa shape index (κ2) is 5.85. The standard InChI is InChI=1S/C16H23ClN2O2/c1-15(2)6-8-16(21,9-7-15)10-19-14(20)11-4-3-5-12(17)13(11)18/h3-5,21H,6-10,18H2,1-2H3,(H,19,20). The third-order valence-corrected chi connectivity index (χ3v) is 4.74. The molecule has 1 aliphatic rings. The minimum atomic E-state index is -0.821. The van der Waals surface area contributed by atoms with Crippen molar-refractivity contribution in [1.29, 1.82) is 0 Å². The third kappa shape index (κ3) is 3.89. The van der Waals surface area contributed by atoms with Gasteiger partial charge >= 0.3 is 0 Å². The van der Waals surface area contributed by atoms with E-state index in [4.69, 9.17) is 17.3 Å². The van der Waals surface area contributed by atoms with Crippen LogP contribution in [-0.2, 0) is 0 Å². The molecule has 2 rings (SSSR count). The molecule has 0 unspecified atom stereocenters. The van der Waals surface area contributed by atoms with Crippen LogP contribution in [0.25, 0.3) is 0 Å². The highest BCUT2D eigenvalue weighted by Crippen LogP contribution is 2.39. The van der Waals surface area contributed by atoms with Gasteiger partial charge in [-0.25, -0.2) is 0 Å². The fraction of sp³-hybridized carbons (Fsp3) is 0.562. The Morgan fingerprint density at radius 2 is 1.95 bits per heavy atom. The normalized spacial score (nSPS) is 20.0. The maximum atomic E-state index is 12.2. The summed E-state index contributed by atoms with van der Waals surface area (Å²) in [6.07, 6.45) is 3.31. The van der Waals surface area contributed by atoms with E-state index in [2.05, 4.69) is 19.2 Å². The zero-order valence-electron chi connectivity index (χ0n) is 12.6. The summed E-state index contributed by atoms with van der Waals surface area (Å²) in [5, 5.41) is 13.7. The first-order chi connectivity index (χ1) is 9.72. The number of halogens is 1. The van der Waals surface area contributed by atoms with Crippen LogP contribution in [0.4, 0.5) is 5.69 Å². The van der Waals surface area contributed by atoms with Gasteiger partial charge in [-0.1, -0.05) is 31.5 Å². The fourth-order valence-electron chi connectivity index (χ4n) is 2.64. The molecule has 1 aliphatic carbocycles. The van der Waals surface area contributed by atoms with Gasteiger partial charge in [0, 0.05) is 6.54 Å². The second-order valence-corrected chi connectivity index (χ2v) is 7.18. The highest BCUT2D eigenvalue weighted by Gasteiger charge is 2.36. The summed E-state index contributed by atoms with van der Waals surface area (Å²) in [4.78, 5) is 12.2. The van der Waals surface area contributed by atoms with Crippen LogP contribution in [0.1, 0.15) is 49.9 Å². The van der Waals surface area contributed by atoms with E-state index in [1.54, 1.807) is 18.2 Å². The molecule has 4 N–H and O–H groups in total. The highest BCUT2D eigenvalue weighted by molar-refractivity contribution is 6.33. The molecule has 5 heteroatoms. The van der Waals surface area contributed by atoms with Crippen LogP contribution >= 0.6 is 11.6 Å². The van der Waals surface area contributed by atoms with Gasteiger partial charge in [-0.2, -0.15) is 0 Å². The van der Waals surface area contributed by atoms with Crippen LogP contribution in [0, 0.1) is 5.41 Å². The zero-order valence-corrected chi connectivity index (χ0v) is 13.3. The molecular formula is C16H23ClN2O2. The van der Waals surface area contributed by atoms with E-state index in [0.29, 0.717) is 23.4 Å². The number of carbonyl (C=O) groups excluding carboxylic acids is 1. The summed E-state index contributed by atoms with van der Waals surface area (Å²) < 4.78 is 0. The number of benzene rings is 1. The first kappa shape index (κ1) is 16.1. The van der Waals surface area contributed by atoms with Crippen LogP contribution in [0.15, 0.2) is 18.2 Å². The molecule has 0 aromatic heterocycles. The number of nitrogen functional groups attached to an aromatic ring is 1. The first-order valence-electron chi connectivity index (χ1n) is 7.27. The SMILES string of the molecule is CC1(C)CCC(O)(CNC(=O)c2cccc(Cl)c2N)CC1. The Hall–Kier alpha value is -1.26. The van der Waals surface area contributed by atoms with Crippen molar-refractivity contribution in [3.05, 3.63) is 28.8 Å². The molecule has 0 spiro atoms. The van der Waals surface area contributed by atoms with Crippen LogP contribution in [0.2, 0.25) is 5.02 Å². The van der Waals surface area contributed by atoms with Crippen molar-refractivity contribution in [2.45, 2.75) is 45.1 Å². The van der Waals surface area contributed by atoms with Crippen molar-refractivity contribution in [1.82, 2.24) is 5.32 Å². The number of hydrogen-bond acceptors (Lipinski definition) is 3. The summed E-state index contributed by atoms with van der Waals surface area (Å²) in [5.41, 5.74) is 5.88. The minimum absolute atomic E-state index is 0.244. The fourth-order valence-corrected chi connectivity index (χ4v) is 2.82. The van der Waals surface area contributed by atoms with Crippen molar-refractivity contribution in [3.8, 4) is 0 Å². The lowest BCUT2D eigenvalue weighted by atomic mass is 9.71. The van der Waals surface area contributed by atoms with Gasteiger partial charge in [0.05, 0.1) is 21.9 Å². The lowest BCUT2D eigenvalue weighted by Gasteiger charge is -2.40. The van der Waals surface area contributed by atoms with Gasteiger partial charge in [0.15, 0.2) is 0 Å². The summed E-state index contributed by atoms with van der Waals surface area (Å²) in [5.74, 6) is -0.298. The molecular weight excluding hydrogens is 288 g/mol. The van der Waals surface area contributed by atoms with Crippen LogP contribution < -0.4 is 11.1 Å². The van der Waals surface area contributed by atoms with E-state index in [-0.39, 0.29) is 23.6 Å². The second-order valence-electron chi connectivity index (χ2n) is 6.77. The van der Waals surface area contributed by atoms with Gasteiger partial charge < -0.3 is 16.2 Å². The maximum Gasteiger partial charge on any atom is 0.253 e. The Kier molecular flexibility index (Phi) is 4.49. The number of nitrogens with one attached hydrogen (secondary N) is 1. The molecule has 21 heavy (non-hydrogen) atoms. The van der Waals surface area contributed by atoms with E-state index in [1.165, 1.54) is 0 Å². The Balaban J connectivity index is 1.97. The molecule has 1 amide bonds.